The lowest BCUT2D eigenvalue weighted by molar-refractivity contribution is -0.384. The molecule has 2 rings (SSSR count). The molecule has 5 nitrogen and oxygen atoms in total. The number of benzene rings is 2. The van der Waals surface area contributed by atoms with E-state index in [2.05, 4.69) is 5.32 Å². The van der Waals surface area contributed by atoms with Gasteiger partial charge in [0, 0.05) is 22.1 Å². The van der Waals surface area contributed by atoms with Crippen molar-refractivity contribution in [2.75, 3.05) is 11.1 Å². The highest BCUT2D eigenvalue weighted by Crippen LogP contribution is 2.30. The summed E-state index contributed by atoms with van der Waals surface area (Å²) in [6, 6.07) is 8.80. The lowest BCUT2D eigenvalue weighted by atomic mass is 10.3. The van der Waals surface area contributed by atoms with Crippen LogP contribution in [-0.4, -0.2) is 16.6 Å². The lowest BCUT2D eigenvalue weighted by Gasteiger charge is -2.08. The Balaban J connectivity index is 2.00. The van der Waals surface area contributed by atoms with E-state index in [4.69, 9.17) is 34.8 Å². The Morgan fingerprint density at radius 1 is 1.13 bits per heavy atom. The molecule has 2 aromatic rings. The number of hydrogen-bond donors (Lipinski definition) is 1. The molecule has 0 spiro atoms. The molecular formula is C14H9Cl3N2O3S. The molecule has 0 aliphatic heterocycles. The van der Waals surface area contributed by atoms with Crippen LogP contribution in [-0.2, 0) is 4.79 Å². The quantitative estimate of drug-likeness (QED) is 0.427. The van der Waals surface area contributed by atoms with Gasteiger partial charge in [-0.3, -0.25) is 14.9 Å². The molecule has 0 heterocycles. The fourth-order valence-electron chi connectivity index (χ4n) is 1.64. The second-order valence-electron chi connectivity index (χ2n) is 4.33. The van der Waals surface area contributed by atoms with Crippen molar-refractivity contribution in [3.8, 4) is 0 Å². The van der Waals surface area contributed by atoms with Crippen molar-refractivity contribution in [2.45, 2.75) is 4.90 Å². The molecule has 120 valence electrons. The summed E-state index contributed by atoms with van der Waals surface area (Å²) in [7, 11) is 0. The summed E-state index contributed by atoms with van der Waals surface area (Å²) in [5.74, 6) is -0.227. The van der Waals surface area contributed by atoms with Crippen molar-refractivity contribution in [3.05, 3.63) is 61.6 Å². The minimum atomic E-state index is -0.561. The fourth-order valence-corrected chi connectivity index (χ4v) is 3.15. The van der Waals surface area contributed by atoms with Crippen LogP contribution < -0.4 is 5.32 Å². The maximum Gasteiger partial charge on any atom is 0.271 e. The first kappa shape index (κ1) is 17.9. The first-order valence-electron chi connectivity index (χ1n) is 6.18. The summed E-state index contributed by atoms with van der Waals surface area (Å²) in [4.78, 5) is 22.7. The van der Waals surface area contributed by atoms with Gasteiger partial charge in [0.25, 0.3) is 5.69 Å². The fraction of sp³-hybridized carbons (Fsp3) is 0.0714. The monoisotopic (exact) mass is 390 g/mol. The predicted octanol–water partition coefficient (Wildman–Crippen LogP) is 5.29. The summed E-state index contributed by atoms with van der Waals surface area (Å²) in [5, 5.41) is 14.3. The van der Waals surface area contributed by atoms with Gasteiger partial charge in [-0.2, -0.15) is 0 Å². The van der Waals surface area contributed by atoms with Crippen molar-refractivity contribution in [1.29, 1.82) is 0 Å². The smallest absolute Gasteiger partial charge is 0.271 e. The Kier molecular flexibility index (Phi) is 6.12. The number of nitro groups is 1. The van der Waals surface area contributed by atoms with Crippen molar-refractivity contribution in [1.82, 2.24) is 0 Å². The van der Waals surface area contributed by atoms with Crippen molar-refractivity contribution in [3.63, 3.8) is 0 Å². The molecule has 0 unspecified atom stereocenters. The standard InChI is InChI=1S/C14H9Cl3N2O3S/c15-8-1-3-10(16)13(5-8)23-7-14(20)18-12-4-2-9(19(21)22)6-11(12)17/h1-6H,7H2,(H,18,20). The minimum Gasteiger partial charge on any atom is -0.324 e. The largest absolute Gasteiger partial charge is 0.324 e. The van der Waals surface area contributed by atoms with E-state index < -0.39 is 4.92 Å². The van der Waals surface area contributed by atoms with Gasteiger partial charge in [-0.05, 0) is 24.3 Å². The first-order chi connectivity index (χ1) is 10.9. The molecule has 0 radical (unpaired) electrons. The summed E-state index contributed by atoms with van der Waals surface area (Å²) >= 11 is 19.0. The summed E-state index contributed by atoms with van der Waals surface area (Å²) in [6.45, 7) is 0. The molecule has 2 aromatic carbocycles. The van der Waals surface area contributed by atoms with Crippen LogP contribution in [0.1, 0.15) is 0 Å². The van der Waals surface area contributed by atoms with Gasteiger partial charge in [-0.15, -0.1) is 11.8 Å². The van der Waals surface area contributed by atoms with E-state index in [1.165, 1.54) is 30.0 Å². The molecule has 0 aliphatic rings. The maximum absolute atomic E-state index is 12.0. The highest BCUT2D eigenvalue weighted by molar-refractivity contribution is 8.00. The number of nitrogens with zero attached hydrogens (tertiary/aromatic N) is 1. The predicted molar refractivity (Wildman–Crippen MR) is 93.9 cm³/mol. The summed E-state index contributed by atoms with van der Waals surface area (Å²) in [5.41, 5.74) is 0.160. The van der Waals surface area contributed by atoms with Crippen molar-refractivity contribution >= 4 is 63.8 Å². The topological polar surface area (TPSA) is 72.2 Å². The number of hydrogen-bond acceptors (Lipinski definition) is 4. The Bertz CT molecular complexity index is 771. The SMILES string of the molecule is O=C(CSc1cc(Cl)ccc1Cl)Nc1ccc([N+](=O)[O-])cc1Cl. The van der Waals surface area contributed by atoms with Crippen LogP contribution in [0, 0.1) is 10.1 Å². The molecule has 0 aliphatic carbocycles. The molecule has 1 amide bonds. The number of non-ortho nitro benzene ring substituents is 1. The van der Waals surface area contributed by atoms with Crippen molar-refractivity contribution < 1.29 is 9.72 Å². The number of rotatable bonds is 5. The van der Waals surface area contributed by atoms with E-state index >= 15 is 0 Å². The van der Waals surface area contributed by atoms with Gasteiger partial charge in [0.2, 0.25) is 5.91 Å². The third-order valence-electron chi connectivity index (χ3n) is 2.69. The molecule has 23 heavy (non-hydrogen) atoms. The van der Waals surface area contributed by atoms with E-state index in [9.17, 15) is 14.9 Å². The number of nitrogens with one attached hydrogen (secondary N) is 1. The minimum absolute atomic E-state index is 0.0907. The van der Waals surface area contributed by atoms with Crippen LogP contribution in [0.5, 0.6) is 0 Å². The van der Waals surface area contributed by atoms with E-state index in [-0.39, 0.29) is 22.4 Å². The van der Waals surface area contributed by atoms with Crippen LogP contribution in [0.4, 0.5) is 11.4 Å². The normalized spacial score (nSPS) is 10.4. The zero-order chi connectivity index (χ0) is 17.0. The number of thioether (sulfide) groups is 1. The Morgan fingerprint density at radius 3 is 2.52 bits per heavy atom. The van der Waals surface area contributed by atoms with Gasteiger partial charge in [0.15, 0.2) is 0 Å². The Morgan fingerprint density at radius 2 is 1.87 bits per heavy atom. The number of carbonyl (C=O) groups excluding carboxylic acids is 1. The van der Waals surface area contributed by atoms with Crippen LogP contribution >= 0.6 is 46.6 Å². The molecular weight excluding hydrogens is 383 g/mol. The van der Waals surface area contributed by atoms with Gasteiger partial charge in [0.1, 0.15) is 0 Å². The number of anilines is 1. The molecule has 0 atom stereocenters. The highest BCUT2D eigenvalue weighted by atomic mass is 35.5. The highest BCUT2D eigenvalue weighted by Gasteiger charge is 2.12. The molecule has 0 saturated heterocycles. The van der Waals surface area contributed by atoms with E-state index in [0.717, 1.165) is 0 Å². The Hall–Kier alpha value is -1.47. The third kappa shape index (κ3) is 5.00. The number of nitro benzene ring substituents is 1. The van der Waals surface area contributed by atoms with Gasteiger partial charge in [-0.25, -0.2) is 0 Å². The average Bonchev–Trinajstić information content (AvgIpc) is 2.50. The van der Waals surface area contributed by atoms with Gasteiger partial charge in [0.05, 0.1) is 26.4 Å². The molecule has 1 N–H and O–H groups in total. The zero-order valence-electron chi connectivity index (χ0n) is 11.4. The summed E-state index contributed by atoms with van der Waals surface area (Å²) < 4.78 is 0. The Labute approximate surface area is 151 Å². The van der Waals surface area contributed by atoms with Crippen LogP contribution in [0.15, 0.2) is 41.3 Å². The summed E-state index contributed by atoms with van der Waals surface area (Å²) in [6.07, 6.45) is 0. The average molecular weight is 392 g/mol. The van der Waals surface area contributed by atoms with Crippen LogP contribution in [0.2, 0.25) is 15.1 Å². The lowest BCUT2D eigenvalue weighted by Crippen LogP contribution is -2.14. The second kappa shape index (κ2) is 7.88. The number of carbonyl (C=O) groups is 1. The number of amides is 1. The van der Waals surface area contributed by atoms with E-state index in [1.54, 1.807) is 18.2 Å². The zero-order valence-corrected chi connectivity index (χ0v) is 14.5. The van der Waals surface area contributed by atoms with E-state index in [0.29, 0.717) is 20.6 Å². The van der Waals surface area contributed by atoms with Gasteiger partial charge in [-0.1, -0.05) is 34.8 Å². The number of halogens is 3. The third-order valence-corrected chi connectivity index (χ3v) is 4.73. The molecule has 9 heteroatoms. The second-order valence-corrected chi connectivity index (χ2v) is 6.60. The maximum atomic E-state index is 12.0. The van der Waals surface area contributed by atoms with Gasteiger partial charge < -0.3 is 5.32 Å². The van der Waals surface area contributed by atoms with Gasteiger partial charge >= 0.3 is 0 Å². The van der Waals surface area contributed by atoms with E-state index in [1.807, 2.05) is 0 Å². The molecule has 0 saturated carbocycles. The molecule has 0 aromatic heterocycles. The molecule has 0 bridgehead atoms. The van der Waals surface area contributed by atoms with Crippen LogP contribution in [0.25, 0.3) is 0 Å². The van der Waals surface area contributed by atoms with Crippen molar-refractivity contribution in [2.24, 2.45) is 0 Å². The first-order valence-corrected chi connectivity index (χ1v) is 8.30. The molecule has 0 fully saturated rings. The van der Waals surface area contributed by atoms with Crippen LogP contribution in [0.3, 0.4) is 0 Å².